The molecule has 0 amide bonds. The van der Waals surface area contributed by atoms with Gasteiger partial charge in [0.05, 0.1) is 10.1 Å². The standard InChI is InChI=1S/C11H13NO4S/c12-7-3-9(4-7)17(13,14)8-1-2-10-11(5-8)16-6-15-10/h1-2,5,7,9H,3-4,6,12H2. The molecule has 0 bridgehead atoms. The second kappa shape index (κ2) is 3.61. The first-order valence-corrected chi connectivity index (χ1v) is 7.01. The maximum absolute atomic E-state index is 12.2. The van der Waals surface area contributed by atoms with Crippen molar-refractivity contribution in [2.45, 2.75) is 29.0 Å². The smallest absolute Gasteiger partial charge is 0.231 e. The van der Waals surface area contributed by atoms with Crippen LogP contribution in [-0.2, 0) is 9.84 Å². The lowest BCUT2D eigenvalue weighted by atomic mass is 9.93. The van der Waals surface area contributed by atoms with Gasteiger partial charge in [-0.1, -0.05) is 0 Å². The van der Waals surface area contributed by atoms with Crippen molar-refractivity contribution in [2.75, 3.05) is 6.79 Å². The number of benzene rings is 1. The first-order valence-electron chi connectivity index (χ1n) is 5.46. The van der Waals surface area contributed by atoms with Crippen LogP contribution in [0.2, 0.25) is 0 Å². The summed E-state index contributed by atoms with van der Waals surface area (Å²) in [5.41, 5.74) is 5.62. The van der Waals surface area contributed by atoms with E-state index in [-0.39, 0.29) is 18.1 Å². The van der Waals surface area contributed by atoms with E-state index >= 15 is 0 Å². The fourth-order valence-electron chi connectivity index (χ4n) is 2.11. The highest BCUT2D eigenvalue weighted by Crippen LogP contribution is 2.37. The molecule has 1 aliphatic heterocycles. The molecule has 1 fully saturated rings. The highest BCUT2D eigenvalue weighted by Gasteiger charge is 2.38. The van der Waals surface area contributed by atoms with Crippen molar-refractivity contribution >= 4 is 9.84 Å². The van der Waals surface area contributed by atoms with Gasteiger partial charge in [-0.2, -0.15) is 0 Å². The van der Waals surface area contributed by atoms with Crippen molar-refractivity contribution in [2.24, 2.45) is 5.73 Å². The van der Waals surface area contributed by atoms with E-state index in [9.17, 15) is 8.42 Å². The zero-order valence-electron chi connectivity index (χ0n) is 9.13. The van der Waals surface area contributed by atoms with Crippen molar-refractivity contribution in [3.8, 4) is 11.5 Å². The monoisotopic (exact) mass is 255 g/mol. The maximum Gasteiger partial charge on any atom is 0.231 e. The summed E-state index contributed by atoms with van der Waals surface area (Å²) in [7, 11) is -3.27. The number of sulfone groups is 1. The van der Waals surface area contributed by atoms with Crippen molar-refractivity contribution in [3.05, 3.63) is 18.2 Å². The summed E-state index contributed by atoms with van der Waals surface area (Å²) in [5, 5.41) is -0.349. The van der Waals surface area contributed by atoms with E-state index in [0.717, 1.165) is 0 Å². The number of hydrogen-bond donors (Lipinski definition) is 1. The second-order valence-corrected chi connectivity index (χ2v) is 6.64. The SMILES string of the molecule is NC1CC(S(=O)(=O)c2ccc3c(c2)OCO3)C1. The maximum atomic E-state index is 12.2. The van der Waals surface area contributed by atoms with Crippen molar-refractivity contribution < 1.29 is 17.9 Å². The van der Waals surface area contributed by atoms with E-state index in [1.807, 2.05) is 0 Å². The van der Waals surface area contributed by atoms with Crippen LogP contribution in [-0.4, -0.2) is 26.5 Å². The molecule has 0 aromatic heterocycles. The number of fused-ring (bicyclic) bond motifs is 1. The van der Waals surface area contributed by atoms with Crippen LogP contribution in [0.4, 0.5) is 0 Å². The molecule has 1 saturated carbocycles. The minimum Gasteiger partial charge on any atom is -0.454 e. The Labute approximate surface area is 99.4 Å². The predicted molar refractivity (Wildman–Crippen MR) is 60.7 cm³/mol. The summed E-state index contributed by atoms with van der Waals surface area (Å²) in [6, 6.07) is 4.74. The van der Waals surface area contributed by atoms with Gasteiger partial charge >= 0.3 is 0 Å². The summed E-state index contributed by atoms with van der Waals surface area (Å²) < 4.78 is 34.7. The molecule has 0 saturated heterocycles. The van der Waals surface area contributed by atoms with E-state index in [1.165, 1.54) is 6.07 Å². The quantitative estimate of drug-likeness (QED) is 0.840. The van der Waals surface area contributed by atoms with Crippen LogP contribution in [0.1, 0.15) is 12.8 Å². The van der Waals surface area contributed by atoms with Crippen LogP contribution in [0.3, 0.4) is 0 Å². The summed E-state index contributed by atoms with van der Waals surface area (Å²) in [6.07, 6.45) is 1.08. The molecule has 17 heavy (non-hydrogen) atoms. The van der Waals surface area contributed by atoms with Gasteiger partial charge < -0.3 is 15.2 Å². The molecule has 6 heteroatoms. The summed E-state index contributed by atoms with van der Waals surface area (Å²) in [6.45, 7) is 0.146. The Kier molecular flexibility index (Phi) is 2.31. The highest BCUT2D eigenvalue weighted by molar-refractivity contribution is 7.92. The van der Waals surface area contributed by atoms with Gasteiger partial charge in [-0.3, -0.25) is 0 Å². The second-order valence-electron chi connectivity index (χ2n) is 4.41. The molecule has 0 unspecified atom stereocenters. The Hall–Kier alpha value is -1.27. The van der Waals surface area contributed by atoms with Crippen LogP contribution in [0.5, 0.6) is 11.5 Å². The van der Waals surface area contributed by atoms with Gasteiger partial charge in [-0.15, -0.1) is 0 Å². The predicted octanol–water partition coefficient (Wildman–Crippen LogP) is 0.679. The Morgan fingerprint density at radius 2 is 1.88 bits per heavy atom. The zero-order valence-corrected chi connectivity index (χ0v) is 9.94. The Morgan fingerprint density at radius 3 is 2.59 bits per heavy atom. The number of hydrogen-bond acceptors (Lipinski definition) is 5. The zero-order chi connectivity index (χ0) is 12.0. The molecule has 5 nitrogen and oxygen atoms in total. The minimum atomic E-state index is -3.27. The average Bonchev–Trinajstić information content (AvgIpc) is 2.71. The van der Waals surface area contributed by atoms with Crippen LogP contribution in [0, 0.1) is 0 Å². The van der Waals surface area contributed by atoms with Crippen LogP contribution in [0.25, 0.3) is 0 Å². The van der Waals surface area contributed by atoms with E-state index < -0.39 is 9.84 Å². The molecule has 0 radical (unpaired) electrons. The lowest BCUT2D eigenvalue weighted by Gasteiger charge is -2.31. The molecule has 0 spiro atoms. The molecule has 0 atom stereocenters. The summed E-state index contributed by atoms with van der Waals surface area (Å²) >= 11 is 0. The van der Waals surface area contributed by atoms with Gasteiger partial charge in [0.25, 0.3) is 0 Å². The summed E-state index contributed by atoms with van der Waals surface area (Å²) in [5.74, 6) is 1.09. The lowest BCUT2D eigenvalue weighted by molar-refractivity contribution is 0.174. The van der Waals surface area contributed by atoms with Crippen molar-refractivity contribution in [1.29, 1.82) is 0 Å². The van der Waals surface area contributed by atoms with Crippen LogP contribution < -0.4 is 15.2 Å². The third-order valence-corrected chi connectivity index (χ3v) is 5.42. The number of rotatable bonds is 2. The van der Waals surface area contributed by atoms with Gasteiger partial charge in [0, 0.05) is 12.1 Å². The Balaban J connectivity index is 1.94. The summed E-state index contributed by atoms with van der Waals surface area (Å²) in [4.78, 5) is 0.290. The molecule has 3 rings (SSSR count). The normalized spacial score (nSPS) is 26.6. The Bertz CT molecular complexity index is 549. The van der Waals surface area contributed by atoms with E-state index in [1.54, 1.807) is 12.1 Å². The van der Waals surface area contributed by atoms with E-state index in [2.05, 4.69) is 0 Å². The van der Waals surface area contributed by atoms with Gasteiger partial charge in [0.15, 0.2) is 21.3 Å². The first kappa shape index (κ1) is 10.9. The topological polar surface area (TPSA) is 78.6 Å². The van der Waals surface area contributed by atoms with Gasteiger partial charge in [-0.05, 0) is 25.0 Å². The third kappa shape index (κ3) is 1.68. The molecule has 1 aliphatic carbocycles. The largest absolute Gasteiger partial charge is 0.454 e. The van der Waals surface area contributed by atoms with Crippen LogP contribution in [0.15, 0.2) is 23.1 Å². The van der Waals surface area contributed by atoms with Gasteiger partial charge in [0.2, 0.25) is 6.79 Å². The lowest BCUT2D eigenvalue weighted by Crippen LogP contribution is -2.44. The van der Waals surface area contributed by atoms with Crippen molar-refractivity contribution in [1.82, 2.24) is 0 Å². The minimum absolute atomic E-state index is 0.0174. The molecule has 1 aromatic carbocycles. The molecule has 1 heterocycles. The number of ether oxygens (including phenoxy) is 2. The molecular weight excluding hydrogens is 242 g/mol. The van der Waals surface area contributed by atoms with E-state index in [0.29, 0.717) is 29.2 Å². The van der Waals surface area contributed by atoms with Gasteiger partial charge in [0.1, 0.15) is 0 Å². The van der Waals surface area contributed by atoms with Gasteiger partial charge in [-0.25, -0.2) is 8.42 Å². The first-order chi connectivity index (χ1) is 8.07. The van der Waals surface area contributed by atoms with E-state index in [4.69, 9.17) is 15.2 Å². The average molecular weight is 255 g/mol. The van der Waals surface area contributed by atoms with Crippen LogP contribution >= 0.6 is 0 Å². The highest BCUT2D eigenvalue weighted by atomic mass is 32.2. The van der Waals surface area contributed by atoms with Crippen molar-refractivity contribution in [3.63, 3.8) is 0 Å². The Morgan fingerprint density at radius 1 is 1.18 bits per heavy atom. The third-order valence-electron chi connectivity index (χ3n) is 3.24. The molecule has 92 valence electrons. The molecule has 1 aromatic rings. The fourth-order valence-corrected chi connectivity index (χ4v) is 4.02. The number of nitrogens with two attached hydrogens (primary N) is 1. The molecule has 2 aliphatic rings. The fraction of sp³-hybridized carbons (Fsp3) is 0.455. The molecule has 2 N–H and O–H groups in total. The molecular formula is C11H13NO4S.